The Morgan fingerprint density at radius 1 is 0.314 bits per heavy atom. The third-order valence-electron chi connectivity index (χ3n) is 9.53. The quantitative estimate of drug-likeness (QED) is 0.165. The van der Waals surface area contributed by atoms with Crippen LogP contribution >= 0.6 is 0 Å². The summed E-state index contributed by atoms with van der Waals surface area (Å²) in [6.45, 7) is 0. The Labute approximate surface area is 305 Å². The number of para-hydroxylation sites is 1. The molecule has 0 spiro atoms. The summed E-state index contributed by atoms with van der Waals surface area (Å²) in [4.78, 5) is 1.83. The van der Waals surface area contributed by atoms with Crippen molar-refractivity contribution in [2.24, 2.45) is 0 Å². The first kappa shape index (κ1) is 26.2. The van der Waals surface area contributed by atoms with Gasteiger partial charge in [0.05, 0.1) is 5.48 Å². The van der Waals surface area contributed by atoms with Gasteiger partial charge >= 0.3 is 0 Å². The molecule has 0 amide bonds. The van der Waals surface area contributed by atoms with Gasteiger partial charge in [-0.1, -0.05) is 170 Å². The van der Waals surface area contributed by atoms with Crippen molar-refractivity contribution < 1.29 is 5.48 Å². The van der Waals surface area contributed by atoms with Crippen LogP contribution in [-0.4, -0.2) is 0 Å². The summed E-state index contributed by atoms with van der Waals surface area (Å²) in [6, 6.07) is 62.9. The molecule has 1 heteroatoms. The van der Waals surface area contributed by atoms with E-state index in [9.17, 15) is 5.48 Å². The van der Waals surface area contributed by atoms with Crippen molar-refractivity contribution in [2.45, 2.75) is 0 Å². The van der Waals surface area contributed by atoms with Crippen LogP contribution in [0.4, 0.5) is 17.1 Å². The molecule has 1 nitrogen and oxygen atoms in total. The van der Waals surface area contributed by atoms with Gasteiger partial charge in [0.2, 0.25) is 0 Å². The van der Waals surface area contributed by atoms with Crippen molar-refractivity contribution in [1.29, 1.82) is 0 Å². The fourth-order valence-corrected chi connectivity index (χ4v) is 6.96. The summed E-state index contributed by atoms with van der Waals surface area (Å²) < 4.78 is 37.2. The molecule has 0 N–H and O–H groups in total. The van der Waals surface area contributed by atoms with Gasteiger partial charge in [-0.05, 0) is 108 Å². The van der Waals surface area contributed by atoms with Gasteiger partial charge in [-0.25, -0.2) is 0 Å². The second-order valence-corrected chi connectivity index (χ2v) is 12.7. The first-order chi connectivity index (χ1) is 27.0. The predicted octanol–water partition coefficient (Wildman–Crippen LogP) is 14.1. The highest BCUT2D eigenvalue weighted by molar-refractivity contribution is 6.04. The van der Waals surface area contributed by atoms with Gasteiger partial charge in [0, 0.05) is 17.1 Å². The molecule has 9 aromatic carbocycles. The highest BCUT2D eigenvalue weighted by Crippen LogP contribution is 2.41. The van der Waals surface area contributed by atoms with Crippen LogP contribution in [0, 0.1) is 0 Å². The third-order valence-corrected chi connectivity index (χ3v) is 9.53. The third kappa shape index (κ3) is 5.96. The van der Waals surface area contributed by atoms with Crippen LogP contribution in [0.1, 0.15) is 5.48 Å². The molecule has 51 heavy (non-hydrogen) atoms. The number of nitrogens with zero attached hydrogens (tertiary/aromatic N) is 1. The maximum atomic E-state index is 9.35. The minimum Gasteiger partial charge on any atom is -0.311 e. The zero-order valence-electron chi connectivity index (χ0n) is 31.8. The van der Waals surface area contributed by atoms with Gasteiger partial charge in [0.25, 0.3) is 0 Å². The van der Waals surface area contributed by atoms with Gasteiger partial charge in [-0.2, -0.15) is 0 Å². The fourth-order valence-electron chi connectivity index (χ4n) is 6.96. The zero-order chi connectivity index (χ0) is 37.5. The van der Waals surface area contributed by atoms with Crippen molar-refractivity contribution in [3.8, 4) is 44.5 Å². The smallest absolute Gasteiger partial charge is 0.0645 e. The lowest BCUT2D eigenvalue weighted by molar-refractivity contribution is 1.28. The molecule has 0 aromatic heterocycles. The molecule has 0 heterocycles. The van der Waals surface area contributed by atoms with E-state index in [0.717, 1.165) is 50.1 Å². The van der Waals surface area contributed by atoms with E-state index in [-0.39, 0.29) is 35.4 Å². The average molecular weight is 654 g/mol. The molecular formula is C50H35N. The lowest BCUT2D eigenvalue weighted by atomic mass is 9.90. The van der Waals surface area contributed by atoms with E-state index in [1.807, 2.05) is 89.8 Å². The summed E-state index contributed by atoms with van der Waals surface area (Å²) in [7, 11) is 0. The molecular weight excluding hydrogens is 615 g/mol. The molecule has 0 aliphatic heterocycles. The summed E-state index contributed by atoms with van der Waals surface area (Å²) in [6.07, 6.45) is 0. The Morgan fingerprint density at radius 2 is 0.843 bits per heavy atom. The summed E-state index contributed by atoms with van der Waals surface area (Å²) in [5.74, 6) is 0. The van der Waals surface area contributed by atoms with Crippen molar-refractivity contribution >= 4 is 38.6 Å². The molecule has 0 aliphatic carbocycles. The van der Waals surface area contributed by atoms with E-state index in [2.05, 4.69) is 103 Å². The molecule has 0 fully saturated rings. The maximum absolute atomic E-state index is 9.35. The molecule has 9 aromatic rings. The second kappa shape index (κ2) is 13.3. The standard InChI is InChI=1S/C50H35N/c1-3-13-42(14-4-1)50-48-18-10-9-12-40(48)29-34-49(50)41-27-32-47(33-28-41)51(45-16-5-2-6-17-45)46-30-25-38(26-31-46)37-19-21-39(22-20-37)44-24-23-36-11-7-8-15-43(36)35-44/h1-35H/i25D,26D,30D,31D. The van der Waals surface area contributed by atoms with Crippen LogP contribution in [0.5, 0.6) is 0 Å². The predicted molar refractivity (Wildman–Crippen MR) is 218 cm³/mol. The Bertz CT molecular complexity index is 2810. The Hall–Kier alpha value is -6.70. The lowest BCUT2D eigenvalue weighted by Crippen LogP contribution is -2.09. The number of hydrogen-bond donors (Lipinski definition) is 0. The maximum Gasteiger partial charge on any atom is 0.0645 e. The van der Waals surface area contributed by atoms with Gasteiger partial charge in [-0.15, -0.1) is 0 Å². The van der Waals surface area contributed by atoms with Crippen LogP contribution in [-0.2, 0) is 0 Å². The topological polar surface area (TPSA) is 3.24 Å². The molecule has 0 aliphatic rings. The van der Waals surface area contributed by atoms with Crippen molar-refractivity contribution in [3.63, 3.8) is 0 Å². The minimum atomic E-state index is -0.108. The van der Waals surface area contributed by atoms with Crippen LogP contribution < -0.4 is 4.90 Å². The Kier molecular flexibility index (Phi) is 6.84. The molecule has 0 saturated heterocycles. The highest BCUT2D eigenvalue weighted by Gasteiger charge is 2.15. The van der Waals surface area contributed by atoms with Gasteiger partial charge in [-0.3, -0.25) is 0 Å². The van der Waals surface area contributed by atoms with Gasteiger partial charge < -0.3 is 4.90 Å². The molecule has 9 rings (SSSR count). The van der Waals surface area contributed by atoms with E-state index in [1.165, 1.54) is 16.2 Å². The summed E-state index contributed by atoms with van der Waals surface area (Å²) in [5.41, 5.74) is 9.08. The monoisotopic (exact) mass is 653 g/mol. The highest BCUT2D eigenvalue weighted by atomic mass is 15.1. The molecule has 0 atom stereocenters. The molecule has 240 valence electrons. The SMILES string of the molecule is [2H]c1c([2H])c(N(c2ccccc2)c2ccc(-c3ccc4ccccc4c3-c3ccccc3)cc2)c([2H])c([2H])c1-c1ccc(-c2ccc3ccccc3c2)cc1. The minimum absolute atomic E-state index is 0.0873. The first-order valence-corrected chi connectivity index (χ1v) is 17.2. The molecule has 0 saturated carbocycles. The summed E-state index contributed by atoms with van der Waals surface area (Å²) >= 11 is 0. The van der Waals surface area contributed by atoms with E-state index in [4.69, 9.17) is 0 Å². The van der Waals surface area contributed by atoms with Crippen LogP contribution in [0.15, 0.2) is 212 Å². The van der Waals surface area contributed by atoms with Crippen molar-refractivity contribution in [2.75, 3.05) is 4.90 Å². The Balaban J connectivity index is 1.12. The molecule has 0 bridgehead atoms. The number of fused-ring (bicyclic) bond motifs is 2. The zero-order valence-corrected chi connectivity index (χ0v) is 27.8. The van der Waals surface area contributed by atoms with E-state index >= 15 is 0 Å². The molecule has 0 unspecified atom stereocenters. The normalized spacial score (nSPS) is 12.2. The van der Waals surface area contributed by atoms with Gasteiger partial charge in [0.15, 0.2) is 0 Å². The number of rotatable bonds is 7. The second-order valence-electron chi connectivity index (χ2n) is 12.7. The average Bonchev–Trinajstić information content (AvgIpc) is 3.25. The largest absolute Gasteiger partial charge is 0.311 e. The van der Waals surface area contributed by atoms with Crippen molar-refractivity contribution in [3.05, 3.63) is 212 Å². The van der Waals surface area contributed by atoms with Crippen molar-refractivity contribution in [1.82, 2.24) is 0 Å². The van der Waals surface area contributed by atoms with Crippen LogP contribution in [0.2, 0.25) is 0 Å². The molecule has 0 radical (unpaired) electrons. The number of hydrogen-bond acceptors (Lipinski definition) is 1. The lowest BCUT2D eigenvalue weighted by Gasteiger charge is -2.26. The Morgan fingerprint density at radius 3 is 1.57 bits per heavy atom. The first-order valence-electron chi connectivity index (χ1n) is 19.2. The van der Waals surface area contributed by atoms with E-state index in [1.54, 1.807) is 0 Å². The van der Waals surface area contributed by atoms with Gasteiger partial charge in [0.1, 0.15) is 0 Å². The van der Waals surface area contributed by atoms with E-state index < -0.39 is 0 Å². The number of benzene rings is 9. The van der Waals surface area contributed by atoms with E-state index in [0.29, 0.717) is 5.56 Å². The number of anilines is 3. The van der Waals surface area contributed by atoms with Crippen LogP contribution in [0.3, 0.4) is 0 Å². The van der Waals surface area contributed by atoms with Crippen LogP contribution in [0.25, 0.3) is 66.1 Å². The summed E-state index contributed by atoms with van der Waals surface area (Å²) in [5, 5.41) is 4.68. The fraction of sp³-hybridized carbons (Fsp3) is 0.